The van der Waals surface area contributed by atoms with Crippen LogP contribution in [0.2, 0.25) is 0 Å². The molecule has 0 N–H and O–H groups in total. The molecule has 2 aromatic rings. The molecule has 1 amide bonds. The number of likely N-dealkylation sites (tertiary alicyclic amines) is 1. The number of carbonyl (C=O) groups excluding carboxylic acids is 1. The largest absolute Gasteiger partial charge is 0.341 e. The molecule has 2 aliphatic rings. The first-order chi connectivity index (χ1) is 12.8. The van der Waals surface area contributed by atoms with Crippen LogP contribution in [0, 0.1) is 0 Å². The van der Waals surface area contributed by atoms with Gasteiger partial charge >= 0.3 is 0 Å². The first kappa shape index (κ1) is 17.3. The van der Waals surface area contributed by atoms with Gasteiger partial charge in [-0.05, 0) is 42.4 Å². The number of rotatable bonds is 5. The number of hydrogen-bond acceptors (Lipinski definition) is 2. The smallest absolute Gasteiger partial charge is 0.222 e. The van der Waals surface area contributed by atoms with Crippen LogP contribution in [0.1, 0.15) is 36.0 Å². The minimum absolute atomic E-state index is 0.334. The molecule has 1 fully saturated rings. The first-order valence-electron chi connectivity index (χ1n) is 9.92. The first-order valence-corrected chi connectivity index (χ1v) is 9.92. The van der Waals surface area contributed by atoms with Gasteiger partial charge in [0.2, 0.25) is 5.91 Å². The molecule has 0 bridgehead atoms. The summed E-state index contributed by atoms with van der Waals surface area (Å²) in [4.78, 5) is 17.2. The maximum atomic E-state index is 12.6. The van der Waals surface area contributed by atoms with E-state index in [9.17, 15) is 4.79 Å². The highest BCUT2D eigenvalue weighted by molar-refractivity contribution is 5.76. The Morgan fingerprint density at radius 3 is 2.58 bits per heavy atom. The molecular weight excluding hydrogens is 320 g/mol. The molecule has 26 heavy (non-hydrogen) atoms. The summed E-state index contributed by atoms with van der Waals surface area (Å²) >= 11 is 0. The van der Waals surface area contributed by atoms with E-state index >= 15 is 0 Å². The second kappa shape index (κ2) is 8.05. The van der Waals surface area contributed by atoms with E-state index < -0.39 is 0 Å². The second-order valence-corrected chi connectivity index (χ2v) is 7.61. The van der Waals surface area contributed by atoms with Crippen LogP contribution in [-0.2, 0) is 24.2 Å². The van der Waals surface area contributed by atoms with Gasteiger partial charge in [-0.3, -0.25) is 9.69 Å². The Bertz CT molecular complexity index is 743. The van der Waals surface area contributed by atoms with Crippen molar-refractivity contribution in [3.63, 3.8) is 0 Å². The zero-order valence-electron chi connectivity index (χ0n) is 15.4. The van der Waals surface area contributed by atoms with Gasteiger partial charge in [-0.15, -0.1) is 0 Å². The van der Waals surface area contributed by atoms with Gasteiger partial charge in [0.1, 0.15) is 0 Å². The molecule has 2 aliphatic heterocycles. The minimum atomic E-state index is 0.334. The van der Waals surface area contributed by atoms with Gasteiger partial charge in [0.05, 0.1) is 0 Å². The van der Waals surface area contributed by atoms with E-state index in [1.807, 2.05) is 6.07 Å². The molecule has 0 unspecified atom stereocenters. The van der Waals surface area contributed by atoms with Crippen molar-refractivity contribution < 1.29 is 4.79 Å². The molecule has 0 radical (unpaired) electrons. The summed E-state index contributed by atoms with van der Waals surface area (Å²) in [5.41, 5.74) is 4.29. The van der Waals surface area contributed by atoms with Crippen LogP contribution in [0.5, 0.6) is 0 Å². The lowest BCUT2D eigenvalue weighted by molar-refractivity contribution is -0.130. The fourth-order valence-electron chi connectivity index (χ4n) is 4.34. The van der Waals surface area contributed by atoms with Gasteiger partial charge in [0, 0.05) is 38.6 Å². The van der Waals surface area contributed by atoms with Crippen LogP contribution in [0.25, 0.3) is 0 Å². The number of hydrogen-bond donors (Lipinski definition) is 0. The van der Waals surface area contributed by atoms with Crippen molar-refractivity contribution in [2.24, 2.45) is 0 Å². The van der Waals surface area contributed by atoms with E-state index in [-0.39, 0.29) is 0 Å². The van der Waals surface area contributed by atoms with Crippen LogP contribution in [0.4, 0.5) is 0 Å². The molecular formula is C23H28N2O. The highest BCUT2D eigenvalue weighted by atomic mass is 16.2. The normalized spacial score (nSPS) is 20.2. The van der Waals surface area contributed by atoms with Gasteiger partial charge in [0.25, 0.3) is 0 Å². The Morgan fingerprint density at radius 2 is 1.73 bits per heavy atom. The molecule has 3 nitrogen and oxygen atoms in total. The van der Waals surface area contributed by atoms with Crippen LogP contribution < -0.4 is 0 Å². The number of aryl methyl sites for hydroxylation is 1. The monoisotopic (exact) mass is 348 g/mol. The maximum absolute atomic E-state index is 12.6. The zero-order valence-corrected chi connectivity index (χ0v) is 15.4. The number of fused-ring (bicyclic) bond motifs is 1. The standard InChI is InChI=1S/C23H28N2O/c26-23(12-6-9-19-7-2-1-3-8-19)25-16-14-22(18-25)24-15-13-20-10-4-5-11-21(20)17-24/h1-5,7-8,10-11,22H,6,9,12-18H2/t22-/m1/s1. The van der Waals surface area contributed by atoms with Gasteiger partial charge in [-0.2, -0.15) is 0 Å². The number of amides is 1. The lowest BCUT2D eigenvalue weighted by Gasteiger charge is -2.33. The fourth-order valence-corrected chi connectivity index (χ4v) is 4.34. The third-order valence-corrected chi connectivity index (χ3v) is 5.89. The van der Waals surface area contributed by atoms with Crippen molar-refractivity contribution >= 4 is 5.91 Å². The highest BCUT2D eigenvalue weighted by Gasteiger charge is 2.31. The van der Waals surface area contributed by atoms with Crippen molar-refractivity contribution in [3.8, 4) is 0 Å². The van der Waals surface area contributed by atoms with Crippen LogP contribution in [-0.4, -0.2) is 41.4 Å². The Kier molecular flexibility index (Phi) is 5.35. The predicted octanol–water partition coefficient (Wildman–Crippen LogP) is 3.67. The van der Waals surface area contributed by atoms with E-state index in [0.29, 0.717) is 18.4 Å². The molecule has 3 heteroatoms. The Balaban J connectivity index is 1.25. The number of carbonyl (C=O) groups is 1. The average Bonchev–Trinajstić information content (AvgIpc) is 3.19. The predicted molar refractivity (Wildman–Crippen MR) is 105 cm³/mol. The minimum Gasteiger partial charge on any atom is -0.341 e. The molecule has 0 saturated carbocycles. The summed E-state index contributed by atoms with van der Waals surface area (Å²) in [5.74, 6) is 0.334. The van der Waals surface area contributed by atoms with Gasteiger partial charge in [0.15, 0.2) is 0 Å². The highest BCUT2D eigenvalue weighted by Crippen LogP contribution is 2.25. The lowest BCUT2D eigenvalue weighted by atomic mass is 9.98. The molecule has 2 aromatic carbocycles. The van der Waals surface area contributed by atoms with Crippen LogP contribution in [0.15, 0.2) is 54.6 Å². The summed E-state index contributed by atoms with van der Waals surface area (Å²) in [6.45, 7) is 3.99. The van der Waals surface area contributed by atoms with E-state index in [1.165, 1.54) is 16.7 Å². The maximum Gasteiger partial charge on any atom is 0.222 e. The van der Waals surface area contributed by atoms with Crippen molar-refractivity contribution in [1.82, 2.24) is 9.80 Å². The third kappa shape index (κ3) is 3.99. The Morgan fingerprint density at radius 1 is 0.962 bits per heavy atom. The SMILES string of the molecule is O=C(CCCc1ccccc1)N1CC[C@@H](N2CCc3ccccc3C2)C1. The number of benzene rings is 2. The molecule has 0 aromatic heterocycles. The summed E-state index contributed by atoms with van der Waals surface area (Å²) in [6, 6.07) is 19.8. The van der Waals surface area contributed by atoms with Crippen molar-refractivity contribution in [1.29, 1.82) is 0 Å². The quantitative estimate of drug-likeness (QED) is 0.823. The van der Waals surface area contributed by atoms with E-state index in [0.717, 1.165) is 51.9 Å². The summed E-state index contributed by atoms with van der Waals surface area (Å²) in [5, 5.41) is 0. The molecule has 2 heterocycles. The molecule has 0 aliphatic carbocycles. The molecule has 136 valence electrons. The summed E-state index contributed by atoms with van der Waals surface area (Å²) in [7, 11) is 0. The van der Waals surface area contributed by atoms with E-state index in [4.69, 9.17) is 0 Å². The topological polar surface area (TPSA) is 23.6 Å². The van der Waals surface area contributed by atoms with Gasteiger partial charge in [-0.1, -0.05) is 54.6 Å². The Hall–Kier alpha value is -2.13. The molecule has 4 rings (SSSR count). The van der Waals surface area contributed by atoms with Gasteiger partial charge in [-0.25, -0.2) is 0 Å². The van der Waals surface area contributed by atoms with Crippen LogP contribution >= 0.6 is 0 Å². The summed E-state index contributed by atoms with van der Waals surface area (Å²) in [6.07, 6.45) is 4.86. The average molecular weight is 348 g/mol. The zero-order chi connectivity index (χ0) is 17.8. The van der Waals surface area contributed by atoms with Gasteiger partial charge < -0.3 is 4.90 Å². The van der Waals surface area contributed by atoms with Crippen LogP contribution in [0.3, 0.4) is 0 Å². The van der Waals surface area contributed by atoms with E-state index in [1.54, 1.807) is 0 Å². The lowest BCUT2D eigenvalue weighted by Crippen LogP contribution is -2.41. The van der Waals surface area contributed by atoms with Crippen molar-refractivity contribution in [3.05, 3.63) is 71.3 Å². The Labute approximate surface area is 156 Å². The van der Waals surface area contributed by atoms with Crippen molar-refractivity contribution in [2.45, 2.75) is 44.7 Å². The summed E-state index contributed by atoms with van der Waals surface area (Å²) < 4.78 is 0. The molecule has 1 saturated heterocycles. The van der Waals surface area contributed by atoms with Crippen molar-refractivity contribution in [2.75, 3.05) is 19.6 Å². The number of nitrogens with zero attached hydrogens (tertiary/aromatic N) is 2. The molecule has 1 atom stereocenters. The fraction of sp³-hybridized carbons (Fsp3) is 0.435. The molecule has 0 spiro atoms. The van der Waals surface area contributed by atoms with E-state index in [2.05, 4.69) is 58.3 Å². The third-order valence-electron chi connectivity index (χ3n) is 5.89. The second-order valence-electron chi connectivity index (χ2n) is 7.61.